The molecular formula is C22H20F3N3O2S. The lowest BCUT2D eigenvalue weighted by Gasteiger charge is -2.34. The Hall–Kier alpha value is -2.52. The minimum atomic E-state index is -4.50. The van der Waals surface area contributed by atoms with Gasteiger partial charge in [0.1, 0.15) is 0 Å². The Morgan fingerprint density at radius 3 is 2.61 bits per heavy atom. The number of carbonyl (C=O) groups excluding carboxylic acids is 2. The van der Waals surface area contributed by atoms with E-state index in [-0.39, 0.29) is 36.1 Å². The van der Waals surface area contributed by atoms with Gasteiger partial charge in [-0.15, -0.1) is 0 Å². The van der Waals surface area contributed by atoms with Crippen LogP contribution in [0.5, 0.6) is 0 Å². The molecule has 31 heavy (non-hydrogen) atoms. The molecule has 1 N–H and O–H groups in total. The fourth-order valence-electron chi connectivity index (χ4n) is 4.66. The maximum Gasteiger partial charge on any atom is 0.416 e. The summed E-state index contributed by atoms with van der Waals surface area (Å²) in [6.07, 6.45) is -2.43. The molecule has 0 radical (unpaired) electrons. The molecule has 0 spiro atoms. The number of hydrogen-bond acceptors (Lipinski definition) is 4. The first-order valence-corrected chi connectivity index (χ1v) is 11.0. The molecule has 162 valence electrons. The third kappa shape index (κ3) is 3.70. The normalized spacial score (nSPS) is 23.1. The number of carbonyl (C=O) groups is 2. The number of benzene rings is 2. The smallest absolute Gasteiger partial charge is 0.354 e. The highest BCUT2D eigenvalue weighted by molar-refractivity contribution is 7.99. The highest BCUT2D eigenvalue weighted by Gasteiger charge is 2.40. The Balaban J connectivity index is 1.52. The van der Waals surface area contributed by atoms with Gasteiger partial charge in [-0.3, -0.25) is 19.4 Å². The van der Waals surface area contributed by atoms with Crippen LogP contribution in [0.15, 0.2) is 52.3 Å². The summed E-state index contributed by atoms with van der Waals surface area (Å²) >= 11 is 1.36. The fraction of sp³-hybridized carbons (Fsp3) is 0.364. The van der Waals surface area contributed by atoms with E-state index in [1.807, 2.05) is 17.0 Å². The maximum absolute atomic E-state index is 13.6. The third-order valence-corrected chi connectivity index (χ3v) is 7.28. The van der Waals surface area contributed by atoms with E-state index < -0.39 is 11.7 Å². The second kappa shape index (κ2) is 7.56. The van der Waals surface area contributed by atoms with Crippen molar-refractivity contribution in [3.8, 4) is 0 Å². The summed E-state index contributed by atoms with van der Waals surface area (Å²) in [4.78, 5) is 30.4. The van der Waals surface area contributed by atoms with Gasteiger partial charge in [-0.25, -0.2) is 0 Å². The summed E-state index contributed by atoms with van der Waals surface area (Å²) in [5.41, 5.74) is 0.0502. The van der Waals surface area contributed by atoms with Crippen molar-refractivity contribution in [1.82, 2.24) is 10.2 Å². The minimum Gasteiger partial charge on any atom is -0.354 e. The van der Waals surface area contributed by atoms with Gasteiger partial charge < -0.3 is 5.32 Å². The second-order valence-electron chi connectivity index (χ2n) is 8.04. The number of fused-ring (bicyclic) bond motifs is 4. The highest BCUT2D eigenvalue weighted by atomic mass is 32.2. The number of alkyl halides is 3. The van der Waals surface area contributed by atoms with E-state index in [0.717, 1.165) is 29.9 Å². The molecular weight excluding hydrogens is 427 g/mol. The molecule has 2 aromatic carbocycles. The van der Waals surface area contributed by atoms with E-state index in [2.05, 4.69) is 5.32 Å². The Kier molecular flexibility index (Phi) is 4.97. The standard InChI is InChI=1S/C22H20F3N3O2S/c23-22(24,25)13-5-8-19-17(9-13)28(16-3-1-2-4-18(16)31-19)21(30)12-27-14-6-7-15(27)11-26-20(29)10-14/h1-5,8-9,14-15H,6-7,10-12H2,(H,26,29). The number of anilines is 2. The van der Waals surface area contributed by atoms with Gasteiger partial charge in [0.2, 0.25) is 11.8 Å². The van der Waals surface area contributed by atoms with Crippen LogP contribution in [0.3, 0.4) is 0 Å². The van der Waals surface area contributed by atoms with Gasteiger partial charge in [-0.1, -0.05) is 23.9 Å². The van der Waals surface area contributed by atoms with E-state index in [4.69, 9.17) is 0 Å². The molecule has 3 heterocycles. The Bertz CT molecular complexity index is 1060. The first-order valence-electron chi connectivity index (χ1n) is 10.1. The number of hydrogen-bond donors (Lipinski definition) is 1. The Labute approximate surface area is 181 Å². The van der Waals surface area contributed by atoms with Crippen molar-refractivity contribution in [2.75, 3.05) is 18.0 Å². The van der Waals surface area contributed by atoms with Crippen molar-refractivity contribution in [3.05, 3.63) is 48.0 Å². The molecule has 0 aliphatic carbocycles. The van der Waals surface area contributed by atoms with Crippen LogP contribution in [-0.2, 0) is 15.8 Å². The SMILES string of the molecule is O=C1CC2CCC(CN1)N2CC(=O)N1c2ccccc2Sc2ccc(C(F)(F)F)cc21. The van der Waals surface area contributed by atoms with Crippen LogP contribution in [0, 0.1) is 0 Å². The van der Waals surface area contributed by atoms with Gasteiger partial charge in [-0.05, 0) is 43.2 Å². The fourth-order valence-corrected chi connectivity index (χ4v) is 5.69. The van der Waals surface area contributed by atoms with E-state index >= 15 is 0 Å². The topological polar surface area (TPSA) is 52.7 Å². The average Bonchev–Trinajstić information content (AvgIpc) is 3.01. The number of amides is 2. The van der Waals surface area contributed by atoms with Crippen LogP contribution in [0.25, 0.3) is 0 Å². The molecule has 2 amide bonds. The lowest BCUT2D eigenvalue weighted by molar-refractivity contribution is -0.137. The van der Waals surface area contributed by atoms with Crippen molar-refractivity contribution in [1.29, 1.82) is 0 Å². The molecule has 2 bridgehead atoms. The van der Waals surface area contributed by atoms with Crippen molar-refractivity contribution in [2.24, 2.45) is 0 Å². The zero-order valence-corrected chi connectivity index (χ0v) is 17.3. The largest absolute Gasteiger partial charge is 0.416 e. The number of para-hydroxylation sites is 1. The van der Waals surface area contributed by atoms with E-state index in [9.17, 15) is 22.8 Å². The van der Waals surface area contributed by atoms with Gasteiger partial charge in [0, 0.05) is 34.8 Å². The van der Waals surface area contributed by atoms with Crippen molar-refractivity contribution >= 4 is 35.0 Å². The lowest BCUT2D eigenvalue weighted by Crippen LogP contribution is -2.45. The monoisotopic (exact) mass is 447 g/mol. The lowest BCUT2D eigenvalue weighted by atomic mass is 10.1. The number of halogens is 3. The minimum absolute atomic E-state index is 0.0214. The molecule has 2 fully saturated rings. The summed E-state index contributed by atoms with van der Waals surface area (Å²) in [7, 11) is 0. The van der Waals surface area contributed by atoms with Crippen LogP contribution in [0.1, 0.15) is 24.8 Å². The molecule has 5 rings (SSSR count). The van der Waals surface area contributed by atoms with Crippen LogP contribution >= 0.6 is 11.8 Å². The van der Waals surface area contributed by atoms with Gasteiger partial charge >= 0.3 is 6.18 Å². The highest BCUT2D eigenvalue weighted by Crippen LogP contribution is 2.49. The number of nitrogens with zero attached hydrogens (tertiary/aromatic N) is 2. The van der Waals surface area contributed by atoms with Gasteiger partial charge in [0.05, 0.1) is 23.5 Å². The molecule has 2 atom stereocenters. The van der Waals surface area contributed by atoms with Crippen molar-refractivity contribution < 1.29 is 22.8 Å². The van der Waals surface area contributed by atoms with Crippen LogP contribution in [0.2, 0.25) is 0 Å². The van der Waals surface area contributed by atoms with Gasteiger partial charge in [-0.2, -0.15) is 13.2 Å². The Morgan fingerprint density at radius 1 is 1.06 bits per heavy atom. The first-order chi connectivity index (χ1) is 14.8. The molecule has 9 heteroatoms. The number of nitrogens with one attached hydrogen (secondary N) is 1. The quantitative estimate of drug-likeness (QED) is 0.750. The van der Waals surface area contributed by atoms with E-state index in [1.165, 1.54) is 22.7 Å². The van der Waals surface area contributed by atoms with E-state index in [1.54, 1.807) is 12.1 Å². The predicted molar refractivity (Wildman–Crippen MR) is 110 cm³/mol. The molecule has 0 saturated carbocycles. The summed E-state index contributed by atoms with van der Waals surface area (Å²) in [5.74, 6) is -0.316. The molecule has 2 unspecified atom stereocenters. The molecule has 3 aliphatic rings. The van der Waals surface area contributed by atoms with Gasteiger partial charge in [0.15, 0.2) is 0 Å². The predicted octanol–water partition coefficient (Wildman–Crippen LogP) is 4.19. The van der Waals surface area contributed by atoms with E-state index in [0.29, 0.717) is 23.5 Å². The molecule has 2 aromatic rings. The summed E-state index contributed by atoms with van der Waals surface area (Å²) in [6, 6.07) is 10.8. The van der Waals surface area contributed by atoms with Crippen LogP contribution < -0.4 is 10.2 Å². The summed E-state index contributed by atoms with van der Waals surface area (Å²) in [6.45, 7) is 0.544. The van der Waals surface area contributed by atoms with Gasteiger partial charge in [0.25, 0.3) is 0 Å². The first kappa shape index (κ1) is 20.4. The number of rotatable bonds is 2. The average molecular weight is 447 g/mol. The maximum atomic E-state index is 13.6. The van der Waals surface area contributed by atoms with Crippen molar-refractivity contribution in [2.45, 2.75) is 47.3 Å². The summed E-state index contributed by atoms with van der Waals surface area (Å²) < 4.78 is 40.2. The molecule has 0 aromatic heterocycles. The van der Waals surface area contributed by atoms with Crippen molar-refractivity contribution in [3.63, 3.8) is 0 Å². The molecule has 5 nitrogen and oxygen atoms in total. The zero-order valence-electron chi connectivity index (χ0n) is 16.5. The second-order valence-corrected chi connectivity index (χ2v) is 9.13. The van der Waals surface area contributed by atoms with Crippen LogP contribution in [-0.4, -0.2) is 41.9 Å². The Morgan fingerprint density at radius 2 is 1.81 bits per heavy atom. The summed E-state index contributed by atoms with van der Waals surface area (Å²) in [5, 5.41) is 2.88. The van der Waals surface area contributed by atoms with Crippen LogP contribution in [0.4, 0.5) is 24.5 Å². The molecule has 2 saturated heterocycles. The third-order valence-electron chi connectivity index (χ3n) is 6.15. The zero-order chi connectivity index (χ0) is 21.8. The molecule has 3 aliphatic heterocycles.